The lowest BCUT2D eigenvalue weighted by molar-refractivity contribution is 0.464. The van der Waals surface area contributed by atoms with E-state index >= 15 is 0 Å². The highest BCUT2D eigenvalue weighted by Crippen LogP contribution is 2.31. The first-order chi connectivity index (χ1) is 9.19. The Hall–Kier alpha value is -0.980. The molecular weight excluding hydrogens is 232 g/mol. The van der Waals surface area contributed by atoms with Crippen LogP contribution in [0.5, 0.6) is 5.75 Å². The molecule has 0 aliphatic heterocycles. The first-order valence-corrected chi connectivity index (χ1v) is 8.04. The summed E-state index contributed by atoms with van der Waals surface area (Å²) in [7, 11) is 0. The van der Waals surface area contributed by atoms with Crippen molar-refractivity contribution in [3.63, 3.8) is 0 Å². The van der Waals surface area contributed by atoms with E-state index in [9.17, 15) is 5.11 Å². The lowest BCUT2D eigenvalue weighted by atomic mass is 9.87. The predicted octanol–water partition coefficient (Wildman–Crippen LogP) is 5.20. The van der Waals surface area contributed by atoms with Crippen molar-refractivity contribution in [1.29, 1.82) is 0 Å². The number of phenolic OH excluding ortho intramolecular Hbond substituents is 1. The third-order valence-corrected chi connectivity index (χ3v) is 4.03. The van der Waals surface area contributed by atoms with Gasteiger partial charge in [0.25, 0.3) is 0 Å². The van der Waals surface area contributed by atoms with Gasteiger partial charge < -0.3 is 5.11 Å². The summed E-state index contributed by atoms with van der Waals surface area (Å²) in [6, 6.07) is 2.01. The van der Waals surface area contributed by atoms with Crippen LogP contribution in [0.15, 0.2) is 6.07 Å². The summed E-state index contributed by atoms with van der Waals surface area (Å²) >= 11 is 0. The fourth-order valence-electron chi connectivity index (χ4n) is 2.91. The van der Waals surface area contributed by atoms with Gasteiger partial charge in [0.1, 0.15) is 5.75 Å². The van der Waals surface area contributed by atoms with Crippen molar-refractivity contribution in [2.24, 2.45) is 0 Å². The molecule has 1 N–H and O–H groups in total. The van der Waals surface area contributed by atoms with Crippen molar-refractivity contribution < 1.29 is 5.11 Å². The van der Waals surface area contributed by atoms with E-state index in [0.717, 1.165) is 25.7 Å². The van der Waals surface area contributed by atoms with Gasteiger partial charge in [-0.2, -0.15) is 0 Å². The molecule has 0 heterocycles. The molecule has 0 fully saturated rings. The molecular formula is C18H30O. The summed E-state index contributed by atoms with van der Waals surface area (Å²) in [5, 5.41) is 10.3. The molecule has 0 spiro atoms. The van der Waals surface area contributed by atoms with Crippen molar-refractivity contribution in [1.82, 2.24) is 0 Å². The Morgan fingerprint density at radius 3 is 1.84 bits per heavy atom. The van der Waals surface area contributed by atoms with Crippen LogP contribution in [0.25, 0.3) is 0 Å². The van der Waals surface area contributed by atoms with Gasteiger partial charge in [0, 0.05) is 0 Å². The summed E-state index contributed by atoms with van der Waals surface area (Å²) in [5.74, 6) is 0.536. The van der Waals surface area contributed by atoms with Crippen LogP contribution in [0.4, 0.5) is 0 Å². The average Bonchev–Trinajstić information content (AvgIpc) is 2.43. The van der Waals surface area contributed by atoms with Crippen LogP contribution in [0.1, 0.15) is 75.6 Å². The predicted molar refractivity (Wildman–Crippen MR) is 84.1 cm³/mol. The first kappa shape index (κ1) is 16.1. The molecule has 19 heavy (non-hydrogen) atoms. The van der Waals surface area contributed by atoms with Gasteiger partial charge in [-0.1, -0.05) is 40.5 Å². The molecule has 0 aromatic heterocycles. The zero-order chi connectivity index (χ0) is 14.3. The minimum absolute atomic E-state index is 0.536. The minimum Gasteiger partial charge on any atom is -0.508 e. The molecule has 0 bridgehead atoms. The highest BCUT2D eigenvalue weighted by molar-refractivity contribution is 5.49. The van der Waals surface area contributed by atoms with Gasteiger partial charge >= 0.3 is 0 Å². The van der Waals surface area contributed by atoms with Crippen molar-refractivity contribution >= 4 is 0 Å². The highest BCUT2D eigenvalue weighted by Gasteiger charge is 2.15. The van der Waals surface area contributed by atoms with E-state index in [1.807, 2.05) is 6.07 Å². The summed E-state index contributed by atoms with van der Waals surface area (Å²) < 4.78 is 0. The maximum absolute atomic E-state index is 10.3. The van der Waals surface area contributed by atoms with E-state index in [1.165, 1.54) is 47.9 Å². The number of hydrogen-bond acceptors (Lipinski definition) is 1. The summed E-state index contributed by atoms with van der Waals surface area (Å²) in [5.41, 5.74) is 5.52. The van der Waals surface area contributed by atoms with E-state index in [0.29, 0.717) is 5.75 Å². The SMILES string of the molecule is CCCCc1c(O)cc(CC)c(CC)c1CCCC. The molecule has 1 heteroatoms. The molecule has 0 aliphatic carbocycles. The van der Waals surface area contributed by atoms with E-state index in [4.69, 9.17) is 0 Å². The monoisotopic (exact) mass is 262 g/mol. The van der Waals surface area contributed by atoms with Crippen molar-refractivity contribution in [2.45, 2.75) is 79.1 Å². The fraction of sp³-hybridized carbons (Fsp3) is 0.667. The number of aromatic hydroxyl groups is 1. The van der Waals surface area contributed by atoms with Crippen molar-refractivity contribution in [3.05, 3.63) is 28.3 Å². The van der Waals surface area contributed by atoms with Gasteiger partial charge in [-0.3, -0.25) is 0 Å². The number of hydrogen-bond donors (Lipinski definition) is 1. The highest BCUT2D eigenvalue weighted by atomic mass is 16.3. The molecule has 108 valence electrons. The maximum atomic E-state index is 10.3. The van der Waals surface area contributed by atoms with E-state index < -0.39 is 0 Å². The molecule has 0 aliphatic rings. The minimum atomic E-state index is 0.536. The molecule has 1 aromatic carbocycles. The smallest absolute Gasteiger partial charge is 0.119 e. The van der Waals surface area contributed by atoms with Crippen LogP contribution in [0.2, 0.25) is 0 Å². The number of phenols is 1. The maximum Gasteiger partial charge on any atom is 0.119 e. The second-order valence-corrected chi connectivity index (χ2v) is 5.40. The second kappa shape index (κ2) is 8.24. The Balaban J connectivity index is 3.24. The zero-order valence-corrected chi connectivity index (χ0v) is 13.2. The molecule has 0 atom stereocenters. The average molecular weight is 262 g/mol. The molecule has 0 amide bonds. The van der Waals surface area contributed by atoms with Crippen molar-refractivity contribution in [2.75, 3.05) is 0 Å². The molecule has 0 saturated carbocycles. The molecule has 0 radical (unpaired) electrons. The molecule has 1 aromatic rings. The number of unbranched alkanes of at least 4 members (excludes halogenated alkanes) is 2. The second-order valence-electron chi connectivity index (χ2n) is 5.40. The molecule has 0 saturated heterocycles. The normalized spacial score (nSPS) is 10.9. The third kappa shape index (κ3) is 3.99. The Morgan fingerprint density at radius 2 is 1.37 bits per heavy atom. The van der Waals surface area contributed by atoms with Crippen LogP contribution in [-0.4, -0.2) is 5.11 Å². The Bertz CT molecular complexity index is 393. The number of rotatable bonds is 8. The van der Waals surface area contributed by atoms with Gasteiger partial charge in [-0.05, 0) is 66.8 Å². The van der Waals surface area contributed by atoms with Gasteiger partial charge in [0.05, 0.1) is 0 Å². The standard InChI is InChI=1S/C18H30O/c1-5-9-11-16-15(8-4)14(7-3)13-18(19)17(16)12-10-6-2/h13,19H,5-12H2,1-4H3. The van der Waals surface area contributed by atoms with E-state index in [1.54, 1.807) is 0 Å². The van der Waals surface area contributed by atoms with Crippen molar-refractivity contribution in [3.8, 4) is 5.75 Å². The van der Waals surface area contributed by atoms with E-state index in [-0.39, 0.29) is 0 Å². The quantitative estimate of drug-likeness (QED) is 0.682. The van der Waals surface area contributed by atoms with Gasteiger partial charge in [0.15, 0.2) is 0 Å². The zero-order valence-electron chi connectivity index (χ0n) is 13.2. The van der Waals surface area contributed by atoms with Crippen LogP contribution in [-0.2, 0) is 25.7 Å². The largest absolute Gasteiger partial charge is 0.508 e. The van der Waals surface area contributed by atoms with Gasteiger partial charge in [-0.15, -0.1) is 0 Å². The molecule has 1 rings (SSSR count). The Morgan fingerprint density at radius 1 is 0.789 bits per heavy atom. The van der Waals surface area contributed by atoms with Gasteiger partial charge in [-0.25, -0.2) is 0 Å². The lowest BCUT2D eigenvalue weighted by Crippen LogP contribution is -2.05. The van der Waals surface area contributed by atoms with E-state index in [2.05, 4.69) is 27.7 Å². The lowest BCUT2D eigenvalue weighted by Gasteiger charge is -2.19. The molecule has 0 unspecified atom stereocenters. The van der Waals surface area contributed by atoms with Crippen LogP contribution < -0.4 is 0 Å². The molecule has 1 nitrogen and oxygen atoms in total. The van der Waals surface area contributed by atoms with Crippen LogP contribution in [0, 0.1) is 0 Å². The first-order valence-electron chi connectivity index (χ1n) is 8.04. The van der Waals surface area contributed by atoms with Crippen LogP contribution in [0.3, 0.4) is 0 Å². The number of benzene rings is 1. The fourth-order valence-corrected chi connectivity index (χ4v) is 2.91. The third-order valence-electron chi connectivity index (χ3n) is 4.03. The Kier molecular flexibility index (Phi) is 6.97. The summed E-state index contributed by atoms with van der Waals surface area (Å²) in [4.78, 5) is 0. The topological polar surface area (TPSA) is 20.2 Å². The number of aryl methyl sites for hydroxylation is 1. The Labute approximate surface area is 119 Å². The van der Waals surface area contributed by atoms with Gasteiger partial charge in [0.2, 0.25) is 0 Å². The summed E-state index contributed by atoms with van der Waals surface area (Å²) in [6.45, 7) is 8.87. The van der Waals surface area contributed by atoms with Crippen LogP contribution >= 0.6 is 0 Å². The summed E-state index contributed by atoms with van der Waals surface area (Å²) in [6.07, 6.45) is 9.04.